The molecule has 23 heavy (non-hydrogen) atoms. The van der Waals surface area contributed by atoms with Gasteiger partial charge in [-0.25, -0.2) is 0 Å². The SMILES string of the molecule is Cn1nc(NC(=O)C(=O)NCC2CC2(Cl)Cl)cc1C1CCCC1. The van der Waals surface area contributed by atoms with E-state index in [9.17, 15) is 9.59 Å². The Labute approximate surface area is 144 Å². The van der Waals surface area contributed by atoms with Gasteiger partial charge >= 0.3 is 11.8 Å². The van der Waals surface area contributed by atoms with E-state index in [2.05, 4.69) is 15.7 Å². The Bertz CT molecular complexity index is 623. The second kappa shape index (κ2) is 6.32. The van der Waals surface area contributed by atoms with E-state index in [-0.39, 0.29) is 5.92 Å². The third kappa shape index (κ3) is 3.80. The molecule has 3 rings (SSSR count). The molecule has 1 aromatic heterocycles. The number of anilines is 1. The van der Waals surface area contributed by atoms with Crippen LogP contribution in [0.25, 0.3) is 0 Å². The number of hydrogen-bond donors (Lipinski definition) is 2. The highest BCUT2D eigenvalue weighted by Gasteiger charge is 2.51. The van der Waals surface area contributed by atoms with Crippen molar-refractivity contribution < 1.29 is 9.59 Å². The Morgan fingerprint density at radius 1 is 1.35 bits per heavy atom. The third-order valence-electron chi connectivity index (χ3n) is 4.60. The van der Waals surface area contributed by atoms with Crippen molar-refractivity contribution in [1.82, 2.24) is 15.1 Å². The predicted molar refractivity (Wildman–Crippen MR) is 88.6 cm³/mol. The minimum atomic E-state index is -0.763. The van der Waals surface area contributed by atoms with Crippen LogP contribution in [0.15, 0.2) is 6.07 Å². The van der Waals surface area contributed by atoms with Crippen molar-refractivity contribution in [3.8, 4) is 0 Å². The number of carbonyl (C=O) groups excluding carboxylic acids is 2. The van der Waals surface area contributed by atoms with Crippen molar-refractivity contribution in [2.45, 2.75) is 42.4 Å². The lowest BCUT2D eigenvalue weighted by atomic mass is 10.0. The number of amides is 2. The smallest absolute Gasteiger partial charge is 0.314 e. The Morgan fingerprint density at radius 3 is 2.61 bits per heavy atom. The largest absolute Gasteiger partial charge is 0.347 e. The third-order valence-corrected chi connectivity index (χ3v) is 5.53. The van der Waals surface area contributed by atoms with Crippen LogP contribution in [0.3, 0.4) is 0 Å². The monoisotopic (exact) mass is 358 g/mol. The molecule has 1 unspecified atom stereocenters. The number of rotatable bonds is 4. The second-order valence-electron chi connectivity index (χ2n) is 6.39. The van der Waals surface area contributed by atoms with Crippen LogP contribution in [0.1, 0.15) is 43.7 Å². The average molecular weight is 359 g/mol. The van der Waals surface area contributed by atoms with E-state index in [1.807, 2.05) is 13.1 Å². The zero-order valence-corrected chi connectivity index (χ0v) is 14.5. The predicted octanol–water partition coefficient (Wildman–Crippen LogP) is 2.33. The lowest BCUT2D eigenvalue weighted by molar-refractivity contribution is -0.136. The molecule has 126 valence electrons. The zero-order chi connectivity index (χ0) is 16.6. The van der Waals surface area contributed by atoms with Gasteiger partial charge in [0.2, 0.25) is 0 Å². The van der Waals surface area contributed by atoms with Crippen LogP contribution in [0.2, 0.25) is 0 Å². The molecule has 2 saturated carbocycles. The van der Waals surface area contributed by atoms with Gasteiger partial charge in [-0.05, 0) is 19.3 Å². The van der Waals surface area contributed by atoms with E-state index in [4.69, 9.17) is 23.2 Å². The minimum absolute atomic E-state index is 0.00593. The van der Waals surface area contributed by atoms with Gasteiger partial charge in [0.1, 0.15) is 4.33 Å². The number of aromatic nitrogens is 2. The van der Waals surface area contributed by atoms with Crippen molar-refractivity contribution in [1.29, 1.82) is 0 Å². The van der Waals surface area contributed by atoms with Gasteiger partial charge in [-0.1, -0.05) is 12.8 Å². The number of halogens is 2. The second-order valence-corrected chi connectivity index (χ2v) is 7.93. The number of nitrogens with zero attached hydrogens (tertiary/aromatic N) is 2. The molecule has 6 nitrogen and oxygen atoms in total. The molecule has 0 bridgehead atoms. The number of nitrogens with one attached hydrogen (secondary N) is 2. The summed E-state index contributed by atoms with van der Waals surface area (Å²) in [5, 5.41) is 9.36. The van der Waals surface area contributed by atoms with Gasteiger partial charge in [-0.3, -0.25) is 14.3 Å². The van der Waals surface area contributed by atoms with Crippen molar-refractivity contribution >= 4 is 40.8 Å². The first kappa shape index (κ1) is 16.6. The van der Waals surface area contributed by atoms with Crippen molar-refractivity contribution in [2.24, 2.45) is 13.0 Å². The van der Waals surface area contributed by atoms with Crippen LogP contribution in [-0.4, -0.2) is 32.5 Å². The number of aryl methyl sites for hydroxylation is 1. The van der Waals surface area contributed by atoms with Gasteiger partial charge in [-0.15, -0.1) is 23.2 Å². The standard InChI is InChI=1S/C15H20Cl2N4O2/c1-21-11(9-4-2-3-5-9)6-12(20-21)19-14(23)13(22)18-8-10-7-15(10,16)17/h6,9-10H,2-5,7-8H2,1H3,(H,18,22)(H,19,20,23). The summed E-state index contributed by atoms with van der Waals surface area (Å²) in [5.74, 6) is -0.524. The molecule has 0 saturated heterocycles. The quantitative estimate of drug-likeness (QED) is 0.640. The Balaban J connectivity index is 1.53. The Hall–Kier alpha value is -1.27. The van der Waals surface area contributed by atoms with Crippen LogP contribution in [0.4, 0.5) is 5.82 Å². The molecule has 2 aliphatic rings. The maximum absolute atomic E-state index is 11.9. The van der Waals surface area contributed by atoms with Crippen molar-refractivity contribution in [2.75, 3.05) is 11.9 Å². The summed E-state index contributed by atoms with van der Waals surface area (Å²) < 4.78 is 1.02. The lowest BCUT2D eigenvalue weighted by Crippen LogP contribution is -2.37. The van der Waals surface area contributed by atoms with Gasteiger partial charge in [0.25, 0.3) is 0 Å². The van der Waals surface area contributed by atoms with Crippen molar-refractivity contribution in [3.63, 3.8) is 0 Å². The Kier molecular flexibility index (Phi) is 4.56. The van der Waals surface area contributed by atoms with Crippen LogP contribution in [0, 0.1) is 5.92 Å². The molecule has 1 heterocycles. The van der Waals surface area contributed by atoms with E-state index < -0.39 is 16.1 Å². The maximum atomic E-state index is 11.9. The highest BCUT2D eigenvalue weighted by molar-refractivity contribution is 6.51. The summed E-state index contributed by atoms with van der Waals surface area (Å²) in [6.45, 7) is 0.300. The molecule has 2 amide bonds. The molecule has 2 aliphatic carbocycles. The topological polar surface area (TPSA) is 76.0 Å². The molecular formula is C15H20Cl2N4O2. The van der Waals surface area contributed by atoms with Crippen LogP contribution in [-0.2, 0) is 16.6 Å². The van der Waals surface area contributed by atoms with Crippen LogP contribution < -0.4 is 10.6 Å². The van der Waals surface area contributed by atoms with Crippen molar-refractivity contribution in [3.05, 3.63) is 11.8 Å². The summed E-state index contributed by atoms with van der Waals surface area (Å²) in [7, 11) is 1.86. The molecule has 8 heteroatoms. The van der Waals surface area contributed by atoms with E-state index in [0.717, 1.165) is 18.5 Å². The van der Waals surface area contributed by atoms with Gasteiger partial charge in [0, 0.05) is 37.2 Å². The Morgan fingerprint density at radius 2 is 2.00 bits per heavy atom. The first-order valence-electron chi connectivity index (χ1n) is 7.88. The summed E-state index contributed by atoms with van der Waals surface area (Å²) in [4.78, 5) is 23.7. The number of hydrogen-bond acceptors (Lipinski definition) is 3. The average Bonchev–Trinajstić information content (AvgIpc) is 2.91. The maximum Gasteiger partial charge on any atom is 0.314 e. The highest BCUT2D eigenvalue weighted by atomic mass is 35.5. The van der Waals surface area contributed by atoms with E-state index >= 15 is 0 Å². The normalized spacial score (nSPS) is 22.8. The van der Waals surface area contributed by atoms with Gasteiger partial charge in [0.05, 0.1) is 0 Å². The van der Waals surface area contributed by atoms with E-state index in [0.29, 0.717) is 24.7 Å². The molecule has 0 aliphatic heterocycles. The molecular weight excluding hydrogens is 339 g/mol. The fourth-order valence-electron chi connectivity index (χ4n) is 3.11. The lowest BCUT2D eigenvalue weighted by Gasteiger charge is -2.07. The molecule has 0 aromatic carbocycles. The fraction of sp³-hybridized carbons (Fsp3) is 0.667. The summed E-state index contributed by atoms with van der Waals surface area (Å²) in [5.41, 5.74) is 1.10. The van der Waals surface area contributed by atoms with Crippen LogP contribution in [0.5, 0.6) is 0 Å². The van der Waals surface area contributed by atoms with Gasteiger partial charge in [-0.2, -0.15) is 5.10 Å². The first-order valence-corrected chi connectivity index (χ1v) is 8.63. The molecule has 1 atom stereocenters. The first-order chi connectivity index (χ1) is 10.9. The van der Waals surface area contributed by atoms with Crippen LogP contribution >= 0.6 is 23.2 Å². The number of carbonyl (C=O) groups is 2. The highest BCUT2D eigenvalue weighted by Crippen LogP contribution is 2.52. The molecule has 0 spiro atoms. The minimum Gasteiger partial charge on any atom is -0.347 e. The summed E-state index contributed by atoms with van der Waals surface area (Å²) in [6.07, 6.45) is 5.37. The van der Waals surface area contributed by atoms with E-state index in [1.165, 1.54) is 12.8 Å². The molecule has 2 fully saturated rings. The molecule has 0 radical (unpaired) electrons. The molecule has 1 aromatic rings. The summed E-state index contributed by atoms with van der Waals surface area (Å²) >= 11 is 11.8. The fourth-order valence-corrected chi connectivity index (χ4v) is 3.63. The van der Waals surface area contributed by atoms with E-state index in [1.54, 1.807) is 4.68 Å². The van der Waals surface area contributed by atoms with Gasteiger partial charge in [0.15, 0.2) is 5.82 Å². The molecule has 2 N–H and O–H groups in total. The van der Waals surface area contributed by atoms with Gasteiger partial charge < -0.3 is 10.6 Å². The zero-order valence-electron chi connectivity index (χ0n) is 12.9. The number of alkyl halides is 2. The summed E-state index contributed by atoms with van der Waals surface area (Å²) in [6, 6.07) is 1.85.